The first-order chi connectivity index (χ1) is 12.1. The van der Waals surface area contributed by atoms with E-state index < -0.39 is 0 Å². The number of hydrogen-bond acceptors (Lipinski definition) is 3. The SMILES string of the molecule is C[C@H](SCc1ccccc1)C(=O)NCCSCc1c(Cl)cccc1Cl. The van der Waals surface area contributed by atoms with E-state index in [0.29, 0.717) is 16.6 Å². The lowest BCUT2D eigenvalue weighted by Crippen LogP contribution is -2.32. The highest BCUT2D eigenvalue weighted by Crippen LogP contribution is 2.28. The van der Waals surface area contributed by atoms with Gasteiger partial charge in [0.05, 0.1) is 5.25 Å². The van der Waals surface area contributed by atoms with Crippen LogP contribution in [0.15, 0.2) is 48.5 Å². The molecule has 2 rings (SSSR count). The summed E-state index contributed by atoms with van der Waals surface area (Å²) < 4.78 is 0. The van der Waals surface area contributed by atoms with Crippen LogP contribution >= 0.6 is 46.7 Å². The van der Waals surface area contributed by atoms with E-state index in [1.807, 2.05) is 43.3 Å². The molecule has 1 amide bonds. The second-order valence-corrected chi connectivity index (χ2v) is 8.73. The van der Waals surface area contributed by atoms with Crippen molar-refractivity contribution in [3.8, 4) is 0 Å². The van der Waals surface area contributed by atoms with Crippen molar-refractivity contribution >= 4 is 52.6 Å². The van der Waals surface area contributed by atoms with Crippen LogP contribution in [0.3, 0.4) is 0 Å². The Morgan fingerprint density at radius 3 is 2.40 bits per heavy atom. The lowest BCUT2D eigenvalue weighted by Gasteiger charge is -2.12. The van der Waals surface area contributed by atoms with E-state index in [2.05, 4.69) is 17.4 Å². The van der Waals surface area contributed by atoms with Gasteiger partial charge in [0.25, 0.3) is 0 Å². The molecule has 0 bridgehead atoms. The Morgan fingerprint density at radius 2 is 1.72 bits per heavy atom. The first-order valence-electron chi connectivity index (χ1n) is 8.02. The van der Waals surface area contributed by atoms with E-state index in [9.17, 15) is 4.79 Å². The molecular formula is C19H21Cl2NOS2. The van der Waals surface area contributed by atoms with Gasteiger partial charge < -0.3 is 5.32 Å². The molecule has 2 nitrogen and oxygen atoms in total. The first kappa shape index (κ1) is 20.5. The second kappa shape index (κ2) is 11.0. The number of hydrogen-bond donors (Lipinski definition) is 1. The van der Waals surface area contributed by atoms with Crippen LogP contribution in [0.25, 0.3) is 0 Å². The van der Waals surface area contributed by atoms with Crippen molar-refractivity contribution in [2.75, 3.05) is 12.3 Å². The molecule has 0 radical (unpaired) electrons. The average Bonchev–Trinajstić information content (AvgIpc) is 2.62. The third-order valence-corrected chi connectivity index (χ3v) is 6.47. The van der Waals surface area contributed by atoms with Crippen LogP contribution in [0.5, 0.6) is 0 Å². The minimum Gasteiger partial charge on any atom is -0.354 e. The van der Waals surface area contributed by atoms with Gasteiger partial charge in [0.2, 0.25) is 5.91 Å². The van der Waals surface area contributed by atoms with E-state index in [1.54, 1.807) is 23.5 Å². The summed E-state index contributed by atoms with van der Waals surface area (Å²) in [5.74, 6) is 2.49. The van der Waals surface area contributed by atoms with Crippen LogP contribution in [0.1, 0.15) is 18.1 Å². The molecule has 0 aromatic heterocycles. The summed E-state index contributed by atoms with van der Waals surface area (Å²) in [6.45, 7) is 2.58. The highest BCUT2D eigenvalue weighted by molar-refractivity contribution is 7.99. The maximum Gasteiger partial charge on any atom is 0.232 e. The molecule has 1 atom stereocenters. The van der Waals surface area contributed by atoms with E-state index in [0.717, 1.165) is 22.8 Å². The quantitative estimate of drug-likeness (QED) is 0.537. The van der Waals surface area contributed by atoms with Crippen LogP contribution in [-0.4, -0.2) is 23.5 Å². The van der Waals surface area contributed by atoms with Crippen molar-refractivity contribution < 1.29 is 4.79 Å². The molecule has 0 saturated carbocycles. The molecule has 25 heavy (non-hydrogen) atoms. The van der Waals surface area contributed by atoms with Crippen LogP contribution in [0, 0.1) is 0 Å². The number of nitrogens with one attached hydrogen (secondary N) is 1. The third-order valence-electron chi connectivity index (χ3n) is 3.57. The molecule has 6 heteroatoms. The maximum atomic E-state index is 12.1. The van der Waals surface area contributed by atoms with Crippen molar-refractivity contribution in [1.82, 2.24) is 5.32 Å². The van der Waals surface area contributed by atoms with Gasteiger partial charge in [0, 0.05) is 33.8 Å². The molecule has 0 heterocycles. The number of carbonyl (C=O) groups excluding carboxylic acids is 1. The Balaban J connectivity index is 1.63. The zero-order chi connectivity index (χ0) is 18.1. The minimum absolute atomic E-state index is 0.0665. The van der Waals surface area contributed by atoms with Crippen LogP contribution in [0.4, 0.5) is 0 Å². The number of thioether (sulfide) groups is 2. The molecule has 0 spiro atoms. The predicted octanol–water partition coefficient (Wildman–Crippen LogP) is 5.66. The molecule has 0 aliphatic rings. The number of halogens is 2. The van der Waals surface area contributed by atoms with Gasteiger partial charge in [-0.1, -0.05) is 59.6 Å². The smallest absolute Gasteiger partial charge is 0.232 e. The number of carbonyl (C=O) groups is 1. The first-order valence-corrected chi connectivity index (χ1v) is 11.0. The summed E-state index contributed by atoms with van der Waals surface area (Å²) in [6, 6.07) is 15.7. The largest absolute Gasteiger partial charge is 0.354 e. The molecule has 0 aliphatic carbocycles. The van der Waals surface area contributed by atoms with E-state index in [-0.39, 0.29) is 11.2 Å². The van der Waals surface area contributed by atoms with Crippen LogP contribution < -0.4 is 5.32 Å². The monoisotopic (exact) mass is 413 g/mol. The molecule has 0 fully saturated rings. The second-order valence-electron chi connectivity index (χ2n) is 5.48. The summed E-state index contributed by atoms with van der Waals surface area (Å²) in [4.78, 5) is 12.1. The van der Waals surface area contributed by atoms with Crippen molar-refractivity contribution in [3.05, 3.63) is 69.7 Å². The van der Waals surface area contributed by atoms with Crippen LogP contribution in [-0.2, 0) is 16.3 Å². The fourth-order valence-corrected chi connectivity index (χ4v) is 4.57. The van der Waals surface area contributed by atoms with Gasteiger partial charge in [0.15, 0.2) is 0 Å². The Kier molecular flexibility index (Phi) is 9.04. The van der Waals surface area contributed by atoms with Crippen molar-refractivity contribution in [2.24, 2.45) is 0 Å². The molecule has 2 aromatic rings. The minimum atomic E-state index is -0.0665. The van der Waals surface area contributed by atoms with E-state index in [1.165, 1.54) is 5.56 Å². The van der Waals surface area contributed by atoms with Gasteiger partial charge in [-0.3, -0.25) is 4.79 Å². The summed E-state index contributed by atoms with van der Waals surface area (Å²) in [5, 5.41) is 4.30. The Bertz CT molecular complexity index is 662. The summed E-state index contributed by atoms with van der Waals surface area (Å²) in [7, 11) is 0. The average molecular weight is 414 g/mol. The van der Waals surface area contributed by atoms with Gasteiger partial charge in [-0.25, -0.2) is 0 Å². The highest BCUT2D eigenvalue weighted by atomic mass is 35.5. The van der Waals surface area contributed by atoms with E-state index in [4.69, 9.17) is 23.2 Å². The standard InChI is InChI=1S/C19H21Cl2NOS2/c1-14(25-12-15-6-3-2-4-7-15)19(23)22-10-11-24-13-16-17(20)8-5-9-18(16)21/h2-9,14H,10-13H2,1H3,(H,22,23)/t14-/m0/s1. The van der Waals surface area contributed by atoms with Crippen molar-refractivity contribution in [1.29, 1.82) is 0 Å². The van der Waals surface area contributed by atoms with Crippen molar-refractivity contribution in [2.45, 2.75) is 23.7 Å². The summed E-state index contributed by atoms with van der Waals surface area (Å²) >= 11 is 15.7. The maximum absolute atomic E-state index is 12.1. The molecule has 1 N–H and O–H groups in total. The Labute approximate surface area is 168 Å². The summed E-state index contributed by atoms with van der Waals surface area (Å²) in [6.07, 6.45) is 0. The third kappa shape index (κ3) is 7.14. The summed E-state index contributed by atoms with van der Waals surface area (Å²) in [5.41, 5.74) is 2.19. The molecule has 0 aliphatic heterocycles. The van der Waals surface area contributed by atoms with Gasteiger partial charge in [-0.15, -0.1) is 11.8 Å². The van der Waals surface area contributed by atoms with Gasteiger partial charge in [-0.2, -0.15) is 11.8 Å². The molecule has 0 unspecified atom stereocenters. The van der Waals surface area contributed by atoms with Gasteiger partial charge in [-0.05, 0) is 30.2 Å². The predicted molar refractivity (Wildman–Crippen MR) is 113 cm³/mol. The Hall–Kier alpha value is -0.810. The van der Waals surface area contributed by atoms with Crippen molar-refractivity contribution in [3.63, 3.8) is 0 Å². The lowest BCUT2D eigenvalue weighted by atomic mass is 10.2. The van der Waals surface area contributed by atoms with E-state index >= 15 is 0 Å². The zero-order valence-corrected chi connectivity index (χ0v) is 17.2. The molecule has 134 valence electrons. The Morgan fingerprint density at radius 1 is 1.04 bits per heavy atom. The number of benzene rings is 2. The fraction of sp³-hybridized carbons (Fsp3) is 0.316. The molecule has 0 saturated heterocycles. The normalized spacial score (nSPS) is 12.0. The fourth-order valence-electron chi connectivity index (χ4n) is 2.11. The van der Waals surface area contributed by atoms with Gasteiger partial charge >= 0.3 is 0 Å². The highest BCUT2D eigenvalue weighted by Gasteiger charge is 2.12. The molecular weight excluding hydrogens is 393 g/mol. The van der Waals surface area contributed by atoms with Gasteiger partial charge in [0.1, 0.15) is 0 Å². The number of amides is 1. The lowest BCUT2D eigenvalue weighted by molar-refractivity contribution is -0.120. The molecule has 2 aromatic carbocycles. The number of rotatable bonds is 9. The van der Waals surface area contributed by atoms with Crippen LogP contribution in [0.2, 0.25) is 10.0 Å². The zero-order valence-electron chi connectivity index (χ0n) is 14.0. The topological polar surface area (TPSA) is 29.1 Å².